The largest absolute Gasteiger partial charge is 0.374 e. The number of nitrogens with two attached hydrogens (primary N) is 1. The predicted octanol–water partition coefficient (Wildman–Crippen LogP) is 3.37. The van der Waals surface area contributed by atoms with Crippen molar-refractivity contribution in [2.75, 3.05) is 18.5 Å². The third kappa shape index (κ3) is 4.34. The molecule has 1 unspecified atom stereocenters. The fraction of sp³-hybridized carbons (Fsp3) is 0.625. The Balaban J connectivity index is 2.79. The topological polar surface area (TPSA) is 29.3 Å². The monoisotopic (exact) mass is 248 g/mol. The molecule has 0 radical (unpaired) electrons. The molecule has 0 aliphatic heterocycles. The van der Waals surface area contributed by atoms with Crippen molar-refractivity contribution >= 4 is 5.69 Å². The lowest BCUT2D eigenvalue weighted by molar-refractivity contribution is 0.636. The first-order valence-electron chi connectivity index (χ1n) is 7.00. The molecule has 2 heteroatoms. The molecule has 0 aliphatic carbocycles. The zero-order valence-electron chi connectivity index (χ0n) is 12.5. The lowest BCUT2D eigenvalue weighted by Crippen LogP contribution is -2.24. The lowest BCUT2D eigenvalue weighted by atomic mass is 10.0. The summed E-state index contributed by atoms with van der Waals surface area (Å²) in [6.07, 6.45) is 2.01. The maximum atomic E-state index is 6.01. The number of benzene rings is 1. The number of nitrogens with zero attached hydrogens (tertiary/aromatic N) is 1. The van der Waals surface area contributed by atoms with E-state index in [-0.39, 0.29) is 6.04 Å². The fourth-order valence-electron chi connectivity index (χ4n) is 2.37. The normalized spacial score (nSPS) is 12.8. The minimum Gasteiger partial charge on any atom is -0.374 e. The molecule has 102 valence electrons. The molecule has 0 bridgehead atoms. The number of rotatable bonds is 6. The molecule has 0 heterocycles. The van der Waals surface area contributed by atoms with Crippen molar-refractivity contribution in [2.24, 2.45) is 11.7 Å². The molecule has 1 atom stereocenters. The minimum absolute atomic E-state index is 0.281. The maximum absolute atomic E-state index is 6.01. The van der Waals surface area contributed by atoms with Crippen LogP contribution in [0.3, 0.4) is 0 Å². The average molecular weight is 248 g/mol. The molecule has 2 nitrogen and oxygen atoms in total. The highest BCUT2D eigenvalue weighted by Crippen LogP contribution is 2.21. The van der Waals surface area contributed by atoms with Crippen LogP contribution in [-0.4, -0.2) is 19.6 Å². The molecule has 1 rings (SSSR count). The van der Waals surface area contributed by atoms with Gasteiger partial charge in [-0.2, -0.15) is 0 Å². The van der Waals surface area contributed by atoms with Gasteiger partial charge >= 0.3 is 0 Å². The summed E-state index contributed by atoms with van der Waals surface area (Å²) < 4.78 is 0. The van der Waals surface area contributed by atoms with Crippen molar-refractivity contribution in [1.82, 2.24) is 0 Å². The Bertz CT molecular complexity index is 371. The molecule has 1 aromatic carbocycles. The quantitative estimate of drug-likeness (QED) is 0.836. The van der Waals surface area contributed by atoms with E-state index in [4.69, 9.17) is 5.73 Å². The summed E-state index contributed by atoms with van der Waals surface area (Å²) in [6, 6.07) is 7.01. The lowest BCUT2D eigenvalue weighted by Gasteiger charge is -2.24. The summed E-state index contributed by atoms with van der Waals surface area (Å²) in [5.74, 6) is 0.683. The van der Waals surface area contributed by atoms with Crippen molar-refractivity contribution in [3.05, 3.63) is 29.3 Å². The van der Waals surface area contributed by atoms with E-state index in [1.165, 1.54) is 16.8 Å². The Morgan fingerprint density at radius 3 is 2.44 bits per heavy atom. The van der Waals surface area contributed by atoms with Crippen molar-refractivity contribution in [2.45, 2.75) is 46.6 Å². The second kappa shape index (κ2) is 6.79. The van der Waals surface area contributed by atoms with Crippen LogP contribution >= 0.6 is 0 Å². The summed E-state index contributed by atoms with van der Waals surface area (Å²) in [5.41, 5.74) is 10.0. The van der Waals surface area contributed by atoms with Crippen LogP contribution in [-0.2, 0) is 6.42 Å². The van der Waals surface area contributed by atoms with E-state index < -0.39 is 0 Å². The molecular formula is C16H28N2. The summed E-state index contributed by atoms with van der Waals surface area (Å²) >= 11 is 0. The van der Waals surface area contributed by atoms with Crippen LogP contribution in [0.15, 0.2) is 18.2 Å². The van der Waals surface area contributed by atoms with E-state index >= 15 is 0 Å². The molecule has 0 aliphatic rings. The number of hydrogen-bond donors (Lipinski definition) is 1. The second-order valence-corrected chi connectivity index (χ2v) is 5.77. The van der Waals surface area contributed by atoms with Gasteiger partial charge in [-0.25, -0.2) is 0 Å². The van der Waals surface area contributed by atoms with Crippen molar-refractivity contribution in [3.8, 4) is 0 Å². The summed E-state index contributed by atoms with van der Waals surface area (Å²) in [7, 11) is 2.17. The molecule has 0 spiro atoms. The van der Waals surface area contributed by atoms with Gasteiger partial charge in [-0.15, -0.1) is 0 Å². The first-order chi connectivity index (χ1) is 8.43. The molecule has 0 saturated heterocycles. The minimum atomic E-state index is 0.281. The fourth-order valence-corrected chi connectivity index (χ4v) is 2.37. The van der Waals surface area contributed by atoms with Crippen LogP contribution in [0.1, 0.15) is 38.3 Å². The van der Waals surface area contributed by atoms with E-state index in [2.05, 4.69) is 57.8 Å². The molecule has 1 aromatic rings. The van der Waals surface area contributed by atoms with Gasteiger partial charge in [0.15, 0.2) is 0 Å². The predicted molar refractivity (Wildman–Crippen MR) is 81.3 cm³/mol. The molecule has 0 fully saturated rings. The first kappa shape index (κ1) is 15.0. The maximum Gasteiger partial charge on any atom is 0.0393 e. The average Bonchev–Trinajstić information content (AvgIpc) is 2.27. The van der Waals surface area contributed by atoms with Gasteiger partial charge in [0.2, 0.25) is 0 Å². The Labute approximate surface area is 112 Å². The zero-order chi connectivity index (χ0) is 13.7. The van der Waals surface area contributed by atoms with Crippen molar-refractivity contribution < 1.29 is 0 Å². The van der Waals surface area contributed by atoms with Crippen LogP contribution in [0, 0.1) is 12.8 Å². The SMILES string of the molecule is CCC(N)Cc1ccc(N(C)CC(C)C)c(C)c1. The molecule has 0 aromatic heterocycles. The van der Waals surface area contributed by atoms with Gasteiger partial charge in [-0.05, 0) is 42.9 Å². The third-order valence-corrected chi connectivity index (χ3v) is 3.33. The third-order valence-electron chi connectivity index (χ3n) is 3.33. The molecule has 2 N–H and O–H groups in total. The van der Waals surface area contributed by atoms with Gasteiger partial charge in [0.25, 0.3) is 0 Å². The van der Waals surface area contributed by atoms with E-state index in [0.29, 0.717) is 5.92 Å². The van der Waals surface area contributed by atoms with Gasteiger partial charge in [0.1, 0.15) is 0 Å². The summed E-state index contributed by atoms with van der Waals surface area (Å²) in [5, 5.41) is 0. The Hall–Kier alpha value is -1.02. The van der Waals surface area contributed by atoms with Gasteiger partial charge in [0, 0.05) is 25.3 Å². The molecular weight excluding hydrogens is 220 g/mol. The number of anilines is 1. The van der Waals surface area contributed by atoms with Crippen molar-refractivity contribution in [1.29, 1.82) is 0 Å². The summed E-state index contributed by atoms with van der Waals surface area (Å²) in [6.45, 7) is 9.92. The zero-order valence-corrected chi connectivity index (χ0v) is 12.5. The van der Waals surface area contributed by atoms with E-state index in [9.17, 15) is 0 Å². The van der Waals surface area contributed by atoms with E-state index in [1.54, 1.807) is 0 Å². The van der Waals surface area contributed by atoms with E-state index in [1.807, 2.05) is 0 Å². The first-order valence-corrected chi connectivity index (χ1v) is 7.00. The van der Waals surface area contributed by atoms with Crippen molar-refractivity contribution in [3.63, 3.8) is 0 Å². The molecule has 0 amide bonds. The van der Waals surface area contributed by atoms with Crippen LogP contribution in [0.5, 0.6) is 0 Å². The van der Waals surface area contributed by atoms with Gasteiger partial charge in [-0.1, -0.05) is 32.9 Å². The Kier molecular flexibility index (Phi) is 5.67. The van der Waals surface area contributed by atoms with E-state index in [0.717, 1.165) is 19.4 Å². The Morgan fingerprint density at radius 2 is 1.94 bits per heavy atom. The number of aryl methyl sites for hydroxylation is 1. The summed E-state index contributed by atoms with van der Waals surface area (Å²) in [4.78, 5) is 2.34. The highest BCUT2D eigenvalue weighted by molar-refractivity contribution is 5.54. The number of hydrogen-bond acceptors (Lipinski definition) is 2. The highest BCUT2D eigenvalue weighted by Gasteiger charge is 2.08. The van der Waals surface area contributed by atoms with Gasteiger partial charge in [0.05, 0.1) is 0 Å². The smallest absolute Gasteiger partial charge is 0.0393 e. The standard InChI is InChI=1S/C16H28N2/c1-6-15(17)10-14-7-8-16(13(4)9-14)18(5)11-12(2)3/h7-9,12,15H,6,10-11,17H2,1-5H3. The van der Waals surface area contributed by atoms with Crippen LogP contribution < -0.4 is 10.6 Å². The van der Waals surface area contributed by atoms with Gasteiger partial charge < -0.3 is 10.6 Å². The van der Waals surface area contributed by atoms with Crippen LogP contribution in [0.2, 0.25) is 0 Å². The molecule has 18 heavy (non-hydrogen) atoms. The van der Waals surface area contributed by atoms with Gasteiger partial charge in [-0.3, -0.25) is 0 Å². The second-order valence-electron chi connectivity index (χ2n) is 5.77. The molecule has 0 saturated carbocycles. The van der Waals surface area contributed by atoms with Crippen LogP contribution in [0.4, 0.5) is 5.69 Å². The van der Waals surface area contributed by atoms with Crippen LogP contribution in [0.25, 0.3) is 0 Å². The highest BCUT2D eigenvalue weighted by atomic mass is 15.1. The Morgan fingerprint density at radius 1 is 1.28 bits per heavy atom.